The monoisotopic (exact) mass is 961 g/mol. The van der Waals surface area contributed by atoms with Gasteiger partial charge < -0.3 is 34.3 Å². The summed E-state index contributed by atoms with van der Waals surface area (Å²) in [6.07, 6.45) is 43.5. The molecule has 0 amide bonds. The summed E-state index contributed by atoms with van der Waals surface area (Å²) in [4.78, 5) is 12.9. The van der Waals surface area contributed by atoms with Gasteiger partial charge in [-0.2, -0.15) is 8.42 Å². The van der Waals surface area contributed by atoms with Crippen LogP contribution in [0.15, 0.2) is 24.3 Å². The van der Waals surface area contributed by atoms with Crippen molar-refractivity contribution in [3.8, 4) is 0 Å². The van der Waals surface area contributed by atoms with Crippen LogP contribution in [0.3, 0.4) is 0 Å². The molecule has 0 aromatic carbocycles. The zero-order chi connectivity index (χ0) is 48.2. The molecule has 0 radical (unpaired) electrons. The van der Waals surface area contributed by atoms with E-state index < -0.39 is 59.8 Å². The van der Waals surface area contributed by atoms with Crippen LogP contribution < -0.4 is 0 Å². The second-order valence-corrected chi connectivity index (χ2v) is 19.9. The van der Waals surface area contributed by atoms with Crippen molar-refractivity contribution in [3.63, 3.8) is 0 Å². The van der Waals surface area contributed by atoms with E-state index in [0.717, 1.165) is 51.4 Å². The second kappa shape index (κ2) is 44.8. The first kappa shape index (κ1) is 62.6. The number of carbonyl (C=O) groups excluding carboxylic acids is 1. The lowest BCUT2D eigenvalue weighted by atomic mass is 9.99. The first-order chi connectivity index (χ1) is 32.1. The Kier molecular flexibility index (Phi) is 42.5. The molecule has 0 aromatic rings. The van der Waals surface area contributed by atoms with E-state index in [2.05, 4.69) is 42.3 Å². The summed E-state index contributed by atoms with van der Waals surface area (Å²) in [5, 5.41) is 30.8. The quantitative estimate of drug-likeness (QED) is 0.0197. The van der Waals surface area contributed by atoms with Gasteiger partial charge in [0.05, 0.1) is 19.8 Å². The van der Waals surface area contributed by atoms with Crippen LogP contribution in [0.2, 0.25) is 0 Å². The summed E-state index contributed by atoms with van der Waals surface area (Å²) in [6, 6.07) is 0. The fourth-order valence-corrected chi connectivity index (χ4v) is 8.98. The average molecular weight is 961 g/mol. The number of unbranched alkanes of at least 4 members (excludes halogenated alkanes) is 31. The van der Waals surface area contributed by atoms with E-state index in [1.54, 1.807) is 0 Å². The minimum atomic E-state index is -5.06. The van der Waals surface area contributed by atoms with Gasteiger partial charge in [-0.3, -0.25) is 9.35 Å². The summed E-state index contributed by atoms with van der Waals surface area (Å²) >= 11 is 0. The van der Waals surface area contributed by atoms with Gasteiger partial charge in [-0.05, 0) is 44.9 Å². The van der Waals surface area contributed by atoms with Crippen molar-refractivity contribution in [2.75, 3.05) is 26.4 Å². The Morgan fingerprint density at radius 3 is 1.44 bits per heavy atom. The molecule has 1 aliphatic rings. The van der Waals surface area contributed by atoms with Crippen molar-refractivity contribution in [3.05, 3.63) is 24.3 Å². The number of allylic oxidation sites excluding steroid dienone is 4. The van der Waals surface area contributed by atoms with Crippen molar-refractivity contribution < 1.29 is 56.2 Å². The Morgan fingerprint density at radius 2 is 1.00 bits per heavy atom. The van der Waals surface area contributed by atoms with Crippen LogP contribution in [0.1, 0.15) is 245 Å². The zero-order valence-electron chi connectivity index (χ0n) is 42.0. The van der Waals surface area contributed by atoms with E-state index in [1.165, 1.54) is 167 Å². The molecule has 1 fully saturated rings. The number of esters is 1. The third kappa shape index (κ3) is 37.5. The molecule has 6 atom stereocenters. The standard InChI is InChI=1S/C53H100O12S/c1-3-5-7-9-11-13-15-17-19-21-23-24-25-26-28-30-32-34-36-38-40-42-49(55)63-47(46-62-53-51(57)52(65-66(58,59)60)50(56)48(44-54)64-53)45-61-43-41-39-37-35-33-31-29-27-22-20-18-16-14-12-10-8-6-4-2/h15,17,21,23,47-48,50-54,56-57H,3-14,16,18-20,22,24-46H2,1-2H3,(H,58,59,60)/b17-15-,23-21-. The molecule has 0 saturated carbocycles. The number of aliphatic hydroxyl groups excluding tert-OH is 3. The molecule has 13 heteroatoms. The largest absolute Gasteiger partial charge is 0.457 e. The summed E-state index contributed by atoms with van der Waals surface area (Å²) in [7, 11) is -5.06. The Morgan fingerprint density at radius 1 is 0.576 bits per heavy atom. The summed E-state index contributed by atoms with van der Waals surface area (Å²) in [5.74, 6) is -0.399. The molecule has 390 valence electrons. The molecular formula is C53H100O12S. The molecule has 1 aliphatic heterocycles. The minimum Gasteiger partial charge on any atom is -0.457 e. The molecule has 1 rings (SSSR count). The number of hydrogen-bond donors (Lipinski definition) is 4. The van der Waals surface area contributed by atoms with Crippen LogP contribution >= 0.6 is 0 Å². The topological polar surface area (TPSA) is 178 Å². The lowest BCUT2D eigenvalue weighted by molar-refractivity contribution is -0.301. The van der Waals surface area contributed by atoms with Crippen molar-refractivity contribution >= 4 is 16.4 Å². The van der Waals surface area contributed by atoms with Gasteiger partial charge in [0, 0.05) is 13.0 Å². The van der Waals surface area contributed by atoms with Crippen LogP contribution in [0.4, 0.5) is 0 Å². The highest BCUT2D eigenvalue weighted by molar-refractivity contribution is 7.80. The Bertz CT molecular complexity index is 1250. The fraction of sp³-hybridized carbons (Fsp3) is 0.906. The number of rotatable bonds is 48. The first-order valence-electron chi connectivity index (χ1n) is 27.1. The average Bonchev–Trinajstić information content (AvgIpc) is 3.29. The third-order valence-corrected chi connectivity index (χ3v) is 13.0. The van der Waals surface area contributed by atoms with Gasteiger partial charge in [0.25, 0.3) is 0 Å². The normalized spacial score (nSPS) is 19.6. The lowest BCUT2D eigenvalue weighted by Gasteiger charge is -2.41. The number of ether oxygens (including phenoxy) is 4. The van der Waals surface area contributed by atoms with Gasteiger partial charge >= 0.3 is 16.4 Å². The van der Waals surface area contributed by atoms with Crippen molar-refractivity contribution in [1.29, 1.82) is 0 Å². The van der Waals surface area contributed by atoms with Gasteiger partial charge in [-0.1, -0.05) is 218 Å². The SMILES string of the molecule is CCCCCCC/C=C\C/C=C\CCCCCCCCCCCC(=O)OC(COCCCCCCCCCCCCCCCCCCCC)COC1OC(CO)C(O)C(OS(=O)(=O)O)C1O. The number of hydrogen-bond acceptors (Lipinski definition) is 11. The van der Waals surface area contributed by atoms with E-state index in [1.807, 2.05) is 0 Å². The van der Waals surface area contributed by atoms with E-state index in [9.17, 15) is 33.1 Å². The second-order valence-electron chi connectivity index (χ2n) is 18.8. The summed E-state index contributed by atoms with van der Waals surface area (Å²) in [5.41, 5.74) is 0. The highest BCUT2D eigenvalue weighted by Gasteiger charge is 2.48. The van der Waals surface area contributed by atoms with Crippen molar-refractivity contribution in [1.82, 2.24) is 0 Å². The van der Waals surface area contributed by atoms with Crippen LogP contribution in [-0.4, -0.2) is 97.5 Å². The van der Waals surface area contributed by atoms with E-state index >= 15 is 0 Å². The highest BCUT2D eigenvalue weighted by atomic mass is 32.3. The number of aliphatic hydroxyl groups is 3. The third-order valence-electron chi connectivity index (χ3n) is 12.6. The Hall–Kier alpha value is -1.42. The highest BCUT2D eigenvalue weighted by Crippen LogP contribution is 2.26. The van der Waals surface area contributed by atoms with E-state index in [-0.39, 0.29) is 19.6 Å². The van der Waals surface area contributed by atoms with Crippen LogP contribution in [0.5, 0.6) is 0 Å². The smallest absolute Gasteiger partial charge is 0.397 e. The Labute approximate surface area is 403 Å². The van der Waals surface area contributed by atoms with Crippen LogP contribution in [0, 0.1) is 0 Å². The fourth-order valence-electron chi connectivity index (χ4n) is 8.47. The van der Waals surface area contributed by atoms with Gasteiger partial charge in [0.15, 0.2) is 6.29 Å². The molecule has 0 aromatic heterocycles. The lowest BCUT2D eigenvalue weighted by Crippen LogP contribution is -2.60. The molecular weight excluding hydrogens is 861 g/mol. The molecule has 0 spiro atoms. The number of carbonyl (C=O) groups is 1. The van der Waals surface area contributed by atoms with E-state index in [4.69, 9.17) is 18.9 Å². The summed E-state index contributed by atoms with van der Waals surface area (Å²) in [6.45, 7) is 4.03. The zero-order valence-corrected chi connectivity index (χ0v) is 42.8. The molecule has 1 heterocycles. The molecule has 1 saturated heterocycles. The minimum absolute atomic E-state index is 0.0391. The molecule has 0 aliphatic carbocycles. The molecule has 6 unspecified atom stereocenters. The van der Waals surface area contributed by atoms with Gasteiger partial charge in [-0.25, -0.2) is 4.18 Å². The predicted molar refractivity (Wildman–Crippen MR) is 267 cm³/mol. The Balaban J connectivity index is 2.33. The maximum atomic E-state index is 12.9. The van der Waals surface area contributed by atoms with E-state index in [0.29, 0.717) is 13.0 Å². The van der Waals surface area contributed by atoms with Gasteiger partial charge in [0.2, 0.25) is 0 Å². The summed E-state index contributed by atoms with van der Waals surface area (Å²) < 4.78 is 59.3. The van der Waals surface area contributed by atoms with Crippen molar-refractivity contribution in [2.24, 2.45) is 0 Å². The van der Waals surface area contributed by atoms with Crippen LogP contribution in [-0.2, 0) is 38.3 Å². The molecule has 4 N–H and O–H groups in total. The predicted octanol–water partition coefficient (Wildman–Crippen LogP) is 12.8. The van der Waals surface area contributed by atoms with Gasteiger partial charge in [-0.15, -0.1) is 0 Å². The maximum Gasteiger partial charge on any atom is 0.397 e. The van der Waals surface area contributed by atoms with Crippen LogP contribution in [0.25, 0.3) is 0 Å². The van der Waals surface area contributed by atoms with Crippen molar-refractivity contribution in [2.45, 2.75) is 282 Å². The first-order valence-corrected chi connectivity index (χ1v) is 28.5. The van der Waals surface area contributed by atoms with Gasteiger partial charge in [0.1, 0.15) is 30.5 Å². The maximum absolute atomic E-state index is 12.9. The molecule has 12 nitrogen and oxygen atoms in total. The molecule has 66 heavy (non-hydrogen) atoms. The molecule has 0 bridgehead atoms.